The second-order valence-electron chi connectivity index (χ2n) is 6.11. The van der Waals surface area contributed by atoms with Crippen LogP contribution in [-0.2, 0) is 10.0 Å². The standard InChI is InChI=1S/C18H30N4O3S2/c1-5-8-9-12-19-18(26)21-20-17(23)16-13-15(11-10-14(16)4)27(24,25)22(6-2)7-3/h10-11,13H,5-9,12H2,1-4H3,(H,20,23)(H2,19,21,26). The second kappa shape index (κ2) is 11.2. The van der Waals surface area contributed by atoms with E-state index in [4.69, 9.17) is 12.2 Å². The minimum atomic E-state index is -3.63. The summed E-state index contributed by atoms with van der Waals surface area (Å²) in [5.74, 6) is -0.443. The van der Waals surface area contributed by atoms with Gasteiger partial charge in [-0.1, -0.05) is 39.7 Å². The summed E-state index contributed by atoms with van der Waals surface area (Å²) in [6.07, 6.45) is 3.22. The maximum absolute atomic E-state index is 12.7. The molecular formula is C18H30N4O3S2. The normalized spacial score (nSPS) is 11.3. The number of nitrogens with one attached hydrogen (secondary N) is 3. The van der Waals surface area contributed by atoms with Crippen molar-refractivity contribution in [1.29, 1.82) is 0 Å². The maximum Gasteiger partial charge on any atom is 0.269 e. The molecule has 0 unspecified atom stereocenters. The molecule has 1 aromatic carbocycles. The van der Waals surface area contributed by atoms with Crippen molar-refractivity contribution in [3.8, 4) is 0 Å². The summed E-state index contributed by atoms with van der Waals surface area (Å²) in [6, 6.07) is 4.55. The van der Waals surface area contributed by atoms with Crippen LogP contribution in [0.25, 0.3) is 0 Å². The van der Waals surface area contributed by atoms with E-state index in [9.17, 15) is 13.2 Å². The molecule has 0 saturated carbocycles. The number of aryl methyl sites for hydroxylation is 1. The number of carbonyl (C=O) groups is 1. The van der Waals surface area contributed by atoms with Gasteiger partial charge in [0, 0.05) is 25.2 Å². The molecule has 1 amide bonds. The number of amides is 1. The van der Waals surface area contributed by atoms with E-state index in [2.05, 4.69) is 23.1 Å². The highest BCUT2D eigenvalue weighted by Crippen LogP contribution is 2.19. The quantitative estimate of drug-likeness (QED) is 0.326. The average molecular weight is 415 g/mol. The minimum absolute atomic E-state index is 0.0993. The lowest BCUT2D eigenvalue weighted by Crippen LogP contribution is -2.47. The van der Waals surface area contributed by atoms with Crippen molar-refractivity contribution in [1.82, 2.24) is 20.5 Å². The monoisotopic (exact) mass is 414 g/mol. The first-order chi connectivity index (χ1) is 12.8. The van der Waals surface area contributed by atoms with Crippen molar-refractivity contribution in [3.63, 3.8) is 0 Å². The van der Waals surface area contributed by atoms with Crippen LogP contribution >= 0.6 is 12.2 Å². The Morgan fingerprint density at radius 2 is 1.78 bits per heavy atom. The summed E-state index contributed by atoms with van der Waals surface area (Å²) < 4.78 is 26.7. The fourth-order valence-corrected chi connectivity index (χ4v) is 4.16. The Morgan fingerprint density at radius 3 is 2.37 bits per heavy atom. The molecule has 0 spiro atoms. The first-order valence-electron chi connectivity index (χ1n) is 9.22. The van der Waals surface area contributed by atoms with Gasteiger partial charge in [-0.05, 0) is 43.3 Å². The molecule has 0 bridgehead atoms. The molecule has 7 nitrogen and oxygen atoms in total. The predicted molar refractivity (Wildman–Crippen MR) is 112 cm³/mol. The van der Waals surface area contributed by atoms with Crippen molar-refractivity contribution in [2.45, 2.75) is 51.9 Å². The van der Waals surface area contributed by atoms with Gasteiger partial charge >= 0.3 is 0 Å². The molecule has 0 aliphatic rings. The molecule has 1 aromatic rings. The molecule has 152 valence electrons. The molecule has 0 fully saturated rings. The summed E-state index contributed by atoms with van der Waals surface area (Å²) in [7, 11) is -3.63. The van der Waals surface area contributed by atoms with Crippen LogP contribution in [0, 0.1) is 6.92 Å². The Labute approximate surface area is 167 Å². The van der Waals surface area contributed by atoms with Gasteiger partial charge in [0.15, 0.2) is 5.11 Å². The number of hydrogen-bond donors (Lipinski definition) is 3. The molecule has 0 aliphatic heterocycles. The van der Waals surface area contributed by atoms with E-state index in [-0.39, 0.29) is 10.5 Å². The molecular weight excluding hydrogens is 384 g/mol. The average Bonchev–Trinajstić information content (AvgIpc) is 2.64. The van der Waals surface area contributed by atoms with Gasteiger partial charge in [-0.3, -0.25) is 15.6 Å². The van der Waals surface area contributed by atoms with Gasteiger partial charge in [0.05, 0.1) is 4.90 Å². The molecule has 9 heteroatoms. The van der Waals surface area contributed by atoms with Gasteiger partial charge in [0.1, 0.15) is 0 Å². The van der Waals surface area contributed by atoms with Crippen LogP contribution in [0.1, 0.15) is 56.0 Å². The van der Waals surface area contributed by atoms with Gasteiger partial charge in [-0.2, -0.15) is 4.31 Å². The molecule has 3 N–H and O–H groups in total. The number of thiocarbonyl (C=S) groups is 1. The number of hydrogen-bond acceptors (Lipinski definition) is 4. The Kier molecular flexibility index (Phi) is 9.68. The van der Waals surface area contributed by atoms with Crippen molar-refractivity contribution in [2.75, 3.05) is 19.6 Å². The summed E-state index contributed by atoms with van der Waals surface area (Å²) >= 11 is 5.12. The van der Waals surface area contributed by atoms with Crippen LogP contribution in [-0.4, -0.2) is 43.4 Å². The second-order valence-corrected chi connectivity index (χ2v) is 8.45. The van der Waals surface area contributed by atoms with E-state index < -0.39 is 15.9 Å². The van der Waals surface area contributed by atoms with Crippen molar-refractivity contribution < 1.29 is 13.2 Å². The zero-order valence-electron chi connectivity index (χ0n) is 16.5. The van der Waals surface area contributed by atoms with E-state index >= 15 is 0 Å². The van der Waals surface area contributed by atoms with Crippen LogP contribution in [0.2, 0.25) is 0 Å². The van der Waals surface area contributed by atoms with Crippen molar-refractivity contribution in [2.24, 2.45) is 0 Å². The van der Waals surface area contributed by atoms with Crippen LogP contribution in [0.5, 0.6) is 0 Å². The van der Waals surface area contributed by atoms with E-state index in [1.807, 2.05) is 0 Å². The summed E-state index contributed by atoms with van der Waals surface area (Å²) in [5.41, 5.74) is 6.12. The molecule has 0 radical (unpaired) electrons. The van der Waals surface area contributed by atoms with Gasteiger partial charge in [0.25, 0.3) is 5.91 Å². The fourth-order valence-electron chi connectivity index (χ4n) is 2.52. The molecule has 0 aromatic heterocycles. The fraction of sp³-hybridized carbons (Fsp3) is 0.556. The van der Waals surface area contributed by atoms with Crippen LogP contribution < -0.4 is 16.2 Å². The number of carbonyl (C=O) groups excluding carboxylic acids is 1. The van der Waals surface area contributed by atoms with Crippen LogP contribution in [0.3, 0.4) is 0 Å². The number of sulfonamides is 1. The summed E-state index contributed by atoms with van der Waals surface area (Å²) in [5, 5.41) is 3.33. The lowest BCUT2D eigenvalue weighted by molar-refractivity contribution is 0.0943. The Balaban J connectivity index is 2.82. The highest BCUT2D eigenvalue weighted by atomic mass is 32.2. The van der Waals surface area contributed by atoms with E-state index in [1.165, 1.54) is 16.4 Å². The number of benzene rings is 1. The molecule has 27 heavy (non-hydrogen) atoms. The number of nitrogens with zero attached hydrogens (tertiary/aromatic N) is 1. The summed E-state index contributed by atoms with van der Waals surface area (Å²) in [6.45, 7) is 8.90. The molecule has 0 heterocycles. The largest absolute Gasteiger partial charge is 0.361 e. The van der Waals surface area contributed by atoms with Gasteiger partial charge < -0.3 is 5.32 Å². The third kappa shape index (κ3) is 6.75. The molecule has 0 atom stereocenters. The highest BCUT2D eigenvalue weighted by Gasteiger charge is 2.23. The summed E-state index contributed by atoms with van der Waals surface area (Å²) in [4.78, 5) is 12.6. The first-order valence-corrected chi connectivity index (χ1v) is 11.1. The van der Waals surface area contributed by atoms with E-state index in [0.717, 1.165) is 25.8 Å². The van der Waals surface area contributed by atoms with E-state index in [1.54, 1.807) is 26.8 Å². The van der Waals surface area contributed by atoms with Crippen molar-refractivity contribution in [3.05, 3.63) is 29.3 Å². The van der Waals surface area contributed by atoms with Crippen LogP contribution in [0.15, 0.2) is 23.1 Å². The minimum Gasteiger partial charge on any atom is -0.361 e. The Morgan fingerprint density at radius 1 is 1.11 bits per heavy atom. The zero-order chi connectivity index (χ0) is 20.4. The number of hydrazine groups is 1. The Bertz CT molecular complexity index is 747. The lowest BCUT2D eigenvalue weighted by atomic mass is 10.1. The zero-order valence-corrected chi connectivity index (χ0v) is 18.1. The maximum atomic E-state index is 12.7. The number of unbranched alkanes of at least 4 members (excludes halogenated alkanes) is 2. The topological polar surface area (TPSA) is 90.5 Å². The highest BCUT2D eigenvalue weighted by molar-refractivity contribution is 7.89. The van der Waals surface area contributed by atoms with Gasteiger partial charge in [-0.15, -0.1) is 0 Å². The smallest absolute Gasteiger partial charge is 0.269 e. The van der Waals surface area contributed by atoms with Crippen LogP contribution in [0.4, 0.5) is 0 Å². The SMILES string of the molecule is CCCCCNC(=S)NNC(=O)c1cc(S(=O)(=O)N(CC)CC)ccc1C. The number of rotatable bonds is 9. The lowest BCUT2D eigenvalue weighted by Gasteiger charge is -2.19. The van der Waals surface area contributed by atoms with Gasteiger partial charge in [-0.25, -0.2) is 8.42 Å². The van der Waals surface area contributed by atoms with Crippen molar-refractivity contribution >= 4 is 33.3 Å². The van der Waals surface area contributed by atoms with Gasteiger partial charge in [0.2, 0.25) is 10.0 Å². The molecule has 1 rings (SSSR count). The molecule has 0 saturated heterocycles. The first kappa shape index (κ1) is 23.3. The third-order valence-corrected chi connectivity index (χ3v) is 6.44. The molecule has 0 aliphatic carbocycles. The van der Waals surface area contributed by atoms with E-state index in [0.29, 0.717) is 23.8 Å². The Hall–Kier alpha value is -1.71. The predicted octanol–water partition coefficient (Wildman–Crippen LogP) is 2.32. The third-order valence-electron chi connectivity index (χ3n) is 4.15.